The van der Waals surface area contributed by atoms with E-state index in [2.05, 4.69) is 28.2 Å². The zero-order valence-corrected chi connectivity index (χ0v) is 11.1. The second kappa shape index (κ2) is 5.30. The third-order valence-corrected chi connectivity index (χ3v) is 3.75. The van der Waals surface area contributed by atoms with E-state index in [1.165, 1.54) is 12.8 Å². The molecule has 0 heterocycles. The summed E-state index contributed by atoms with van der Waals surface area (Å²) in [4.78, 5) is 0. The molecule has 88 valence electrons. The quantitative estimate of drug-likeness (QED) is 0.871. The van der Waals surface area contributed by atoms with Crippen molar-refractivity contribution in [3.8, 4) is 0 Å². The summed E-state index contributed by atoms with van der Waals surface area (Å²) in [5.74, 6) is 0.828. The minimum atomic E-state index is -0.407. The minimum absolute atomic E-state index is 0.407. The number of halogens is 1. The Kier molecular flexibility index (Phi) is 4.00. The molecule has 16 heavy (non-hydrogen) atoms. The molecule has 2 rings (SSSR count). The Morgan fingerprint density at radius 1 is 1.56 bits per heavy atom. The second-order valence-electron chi connectivity index (χ2n) is 4.49. The monoisotopic (exact) mass is 283 g/mol. The third-order valence-electron chi connectivity index (χ3n) is 3.25. The summed E-state index contributed by atoms with van der Waals surface area (Å²) in [5.41, 5.74) is 0.968. The van der Waals surface area contributed by atoms with Crippen LogP contribution in [-0.4, -0.2) is 17.7 Å². The van der Waals surface area contributed by atoms with Crippen molar-refractivity contribution >= 4 is 15.9 Å². The SMILES string of the molecule is CCC1CC1NCC(O)c1cccc(Br)c1. The van der Waals surface area contributed by atoms with Gasteiger partial charge >= 0.3 is 0 Å². The second-order valence-corrected chi connectivity index (χ2v) is 5.41. The number of nitrogens with one attached hydrogen (secondary N) is 1. The van der Waals surface area contributed by atoms with Crippen LogP contribution in [0.25, 0.3) is 0 Å². The van der Waals surface area contributed by atoms with Crippen LogP contribution in [0, 0.1) is 5.92 Å². The van der Waals surface area contributed by atoms with Crippen LogP contribution in [0.1, 0.15) is 31.4 Å². The van der Waals surface area contributed by atoms with Crippen LogP contribution in [0.5, 0.6) is 0 Å². The molecular formula is C13H18BrNO. The maximum Gasteiger partial charge on any atom is 0.0914 e. The minimum Gasteiger partial charge on any atom is -0.387 e. The Labute approximate surface area is 105 Å². The van der Waals surface area contributed by atoms with Crippen molar-refractivity contribution in [3.05, 3.63) is 34.3 Å². The summed E-state index contributed by atoms with van der Waals surface area (Å²) in [6, 6.07) is 8.48. The van der Waals surface area contributed by atoms with Crippen LogP contribution in [0.15, 0.2) is 28.7 Å². The summed E-state index contributed by atoms with van der Waals surface area (Å²) in [5, 5.41) is 13.4. The highest BCUT2D eigenvalue weighted by molar-refractivity contribution is 9.10. The lowest BCUT2D eigenvalue weighted by atomic mass is 10.1. The Bertz CT molecular complexity index is 356. The fraction of sp³-hybridized carbons (Fsp3) is 0.538. The lowest BCUT2D eigenvalue weighted by Gasteiger charge is -2.12. The molecule has 3 heteroatoms. The molecule has 0 amide bonds. The van der Waals surface area contributed by atoms with Crippen LogP contribution in [0.3, 0.4) is 0 Å². The summed E-state index contributed by atoms with van der Waals surface area (Å²) in [6.07, 6.45) is 2.10. The lowest BCUT2D eigenvalue weighted by molar-refractivity contribution is 0.173. The highest BCUT2D eigenvalue weighted by Gasteiger charge is 2.34. The van der Waals surface area contributed by atoms with Crippen LogP contribution < -0.4 is 5.32 Å². The van der Waals surface area contributed by atoms with Crippen LogP contribution in [-0.2, 0) is 0 Å². The van der Waals surface area contributed by atoms with Gasteiger partial charge in [0.2, 0.25) is 0 Å². The van der Waals surface area contributed by atoms with Gasteiger partial charge in [0, 0.05) is 17.1 Å². The molecule has 0 aliphatic heterocycles. The number of aliphatic hydroxyl groups is 1. The molecule has 1 aromatic rings. The number of aliphatic hydroxyl groups excluding tert-OH is 1. The highest BCUT2D eigenvalue weighted by Crippen LogP contribution is 2.33. The van der Waals surface area contributed by atoms with E-state index in [4.69, 9.17) is 0 Å². The van der Waals surface area contributed by atoms with Gasteiger partial charge in [-0.1, -0.05) is 41.4 Å². The van der Waals surface area contributed by atoms with Crippen molar-refractivity contribution in [2.24, 2.45) is 5.92 Å². The smallest absolute Gasteiger partial charge is 0.0914 e. The highest BCUT2D eigenvalue weighted by atomic mass is 79.9. The molecule has 0 bridgehead atoms. The van der Waals surface area contributed by atoms with Gasteiger partial charge in [-0.05, 0) is 30.0 Å². The fourth-order valence-corrected chi connectivity index (χ4v) is 2.46. The van der Waals surface area contributed by atoms with E-state index in [1.54, 1.807) is 0 Å². The Morgan fingerprint density at radius 3 is 3.00 bits per heavy atom. The molecule has 1 aliphatic rings. The average molecular weight is 284 g/mol. The number of rotatable bonds is 5. The summed E-state index contributed by atoms with van der Waals surface area (Å²) in [6.45, 7) is 2.87. The molecule has 1 saturated carbocycles. The molecule has 1 fully saturated rings. The van der Waals surface area contributed by atoms with Crippen molar-refractivity contribution in [3.63, 3.8) is 0 Å². The Balaban J connectivity index is 1.82. The van der Waals surface area contributed by atoms with E-state index in [-0.39, 0.29) is 0 Å². The predicted molar refractivity (Wildman–Crippen MR) is 69.3 cm³/mol. The van der Waals surface area contributed by atoms with E-state index in [0.29, 0.717) is 12.6 Å². The first-order chi connectivity index (χ1) is 7.70. The van der Waals surface area contributed by atoms with E-state index in [1.807, 2.05) is 24.3 Å². The van der Waals surface area contributed by atoms with Gasteiger partial charge in [-0.3, -0.25) is 0 Å². The molecule has 3 unspecified atom stereocenters. The van der Waals surface area contributed by atoms with Crippen LogP contribution in [0.2, 0.25) is 0 Å². The number of hydrogen-bond donors (Lipinski definition) is 2. The van der Waals surface area contributed by atoms with E-state index in [0.717, 1.165) is 16.0 Å². The first-order valence-electron chi connectivity index (χ1n) is 5.87. The first-order valence-corrected chi connectivity index (χ1v) is 6.67. The van der Waals surface area contributed by atoms with Gasteiger partial charge in [-0.2, -0.15) is 0 Å². The molecule has 0 aromatic heterocycles. The van der Waals surface area contributed by atoms with Crippen LogP contribution >= 0.6 is 15.9 Å². The molecule has 1 aliphatic carbocycles. The van der Waals surface area contributed by atoms with Crippen molar-refractivity contribution in [2.75, 3.05) is 6.54 Å². The molecular weight excluding hydrogens is 266 g/mol. The standard InChI is InChI=1S/C13H18BrNO/c1-2-9-7-12(9)15-8-13(16)10-4-3-5-11(14)6-10/h3-6,9,12-13,15-16H,2,7-8H2,1H3. The molecule has 0 saturated heterocycles. The third kappa shape index (κ3) is 3.06. The molecule has 2 N–H and O–H groups in total. The van der Waals surface area contributed by atoms with Gasteiger partial charge in [0.25, 0.3) is 0 Å². The average Bonchev–Trinajstić information content (AvgIpc) is 3.04. The topological polar surface area (TPSA) is 32.3 Å². The van der Waals surface area contributed by atoms with Crippen molar-refractivity contribution in [1.82, 2.24) is 5.32 Å². The van der Waals surface area contributed by atoms with E-state index < -0.39 is 6.10 Å². The summed E-state index contributed by atoms with van der Waals surface area (Å²) < 4.78 is 1.02. The zero-order chi connectivity index (χ0) is 11.5. The van der Waals surface area contributed by atoms with Crippen LogP contribution in [0.4, 0.5) is 0 Å². The number of hydrogen-bond acceptors (Lipinski definition) is 2. The van der Waals surface area contributed by atoms with Gasteiger partial charge in [0.1, 0.15) is 0 Å². The maximum absolute atomic E-state index is 10.00. The van der Waals surface area contributed by atoms with Gasteiger partial charge in [0.15, 0.2) is 0 Å². The molecule has 0 spiro atoms. The predicted octanol–water partition coefficient (Wildman–Crippen LogP) is 2.87. The molecule has 1 aromatic carbocycles. The normalized spacial score (nSPS) is 25.4. The summed E-state index contributed by atoms with van der Waals surface area (Å²) in [7, 11) is 0. The van der Waals surface area contributed by atoms with Gasteiger partial charge < -0.3 is 10.4 Å². The zero-order valence-electron chi connectivity index (χ0n) is 9.49. The molecule has 0 radical (unpaired) electrons. The first kappa shape index (κ1) is 12.1. The van der Waals surface area contributed by atoms with Gasteiger partial charge in [0.05, 0.1) is 6.10 Å². The van der Waals surface area contributed by atoms with Crippen molar-refractivity contribution in [1.29, 1.82) is 0 Å². The summed E-state index contributed by atoms with van der Waals surface area (Å²) >= 11 is 3.41. The Hall–Kier alpha value is -0.380. The largest absolute Gasteiger partial charge is 0.387 e. The van der Waals surface area contributed by atoms with Crippen molar-refractivity contribution in [2.45, 2.75) is 31.9 Å². The van der Waals surface area contributed by atoms with E-state index >= 15 is 0 Å². The van der Waals surface area contributed by atoms with E-state index in [9.17, 15) is 5.11 Å². The van der Waals surface area contributed by atoms with Gasteiger partial charge in [-0.25, -0.2) is 0 Å². The maximum atomic E-state index is 10.00. The fourth-order valence-electron chi connectivity index (χ4n) is 2.04. The molecule has 2 nitrogen and oxygen atoms in total. The molecule has 3 atom stereocenters. The number of benzene rings is 1. The Morgan fingerprint density at radius 2 is 2.38 bits per heavy atom. The van der Waals surface area contributed by atoms with Crippen molar-refractivity contribution < 1.29 is 5.11 Å². The van der Waals surface area contributed by atoms with Gasteiger partial charge in [-0.15, -0.1) is 0 Å². The lowest BCUT2D eigenvalue weighted by Crippen LogP contribution is -2.24.